The Morgan fingerprint density at radius 3 is 2.11 bits per heavy atom. The molecule has 94 valence electrons. The van der Waals surface area contributed by atoms with Gasteiger partial charge >= 0.3 is 0 Å². The molecule has 0 aliphatic heterocycles. The van der Waals surface area contributed by atoms with Gasteiger partial charge in [0.25, 0.3) is 0 Å². The third kappa shape index (κ3) is 3.20. The first kappa shape index (κ1) is 12.8. The largest absolute Gasteiger partial charge is 0.438 e. The van der Waals surface area contributed by atoms with Crippen LogP contribution in [0.5, 0.6) is 11.6 Å². The molecule has 0 radical (unpaired) electrons. The molecule has 0 unspecified atom stereocenters. The van der Waals surface area contributed by atoms with E-state index >= 15 is 0 Å². The van der Waals surface area contributed by atoms with Crippen LogP contribution in [0.3, 0.4) is 0 Å². The third-order valence-corrected chi connectivity index (χ3v) is 2.75. The van der Waals surface area contributed by atoms with Crippen molar-refractivity contribution in [2.24, 2.45) is 0 Å². The minimum absolute atomic E-state index is 0.138. The average molecular weight is 263 g/mol. The van der Waals surface area contributed by atoms with E-state index in [1.165, 1.54) is 5.56 Å². The lowest BCUT2D eigenvalue weighted by atomic mass is 9.87. The van der Waals surface area contributed by atoms with Crippen LogP contribution >= 0.6 is 11.6 Å². The van der Waals surface area contributed by atoms with Crippen molar-refractivity contribution in [2.45, 2.75) is 26.2 Å². The summed E-state index contributed by atoms with van der Waals surface area (Å²) in [7, 11) is 0. The maximum atomic E-state index is 5.66. The van der Waals surface area contributed by atoms with Crippen molar-refractivity contribution < 1.29 is 4.74 Å². The molecule has 0 amide bonds. The zero-order valence-electron chi connectivity index (χ0n) is 10.6. The Bertz CT molecular complexity index is 515. The van der Waals surface area contributed by atoms with Crippen LogP contribution < -0.4 is 4.74 Å². The summed E-state index contributed by atoms with van der Waals surface area (Å²) in [6, 6.07) is 11.3. The maximum Gasteiger partial charge on any atom is 0.238 e. The second-order valence-electron chi connectivity index (χ2n) is 5.07. The van der Waals surface area contributed by atoms with Crippen molar-refractivity contribution in [3.63, 3.8) is 0 Å². The van der Waals surface area contributed by atoms with Gasteiger partial charge in [0.05, 0.1) is 0 Å². The van der Waals surface area contributed by atoms with Gasteiger partial charge in [-0.2, -0.15) is 0 Å². The molecule has 0 spiro atoms. The van der Waals surface area contributed by atoms with Gasteiger partial charge in [-0.15, -0.1) is 10.2 Å². The first-order valence-corrected chi connectivity index (χ1v) is 6.10. The Hall–Kier alpha value is -1.61. The van der Waals surface area contributed by atoms with E-state index in [-0.39, 0.29) is 5.41 Å². The summed E-state index contributed by atoms with van der Waals surface area (Å²) in [6.45, 7) is 6.52. The number of hydrogen-bond acceptors (Lipinski definition) is 3. The van der Waals surface area contributed by atoms with Gasteiger partial charge in [-0.1, -0.05) is 44.5 Å². The number of ether oxygens (including phenoxy) is 1. The predicted octanol–water partition coefficient (Wildman–Crippen LogP) is 4.22. The molecule has 2 rings (SSSR count). The molecule has 1 aromatic heterocycles. The summed E-state index contributed by atoms with van der Waals surface area (Å²) >= 11 is 5.66. The van der Waals surface area contributed by atoms with E-state index in [4.69, 9.17) is 16.3 Å². The minimum Gasteiger partial charge on any atom is -0.438 e. The Labute approximate surface area is 112 Å². The monoisotopic (exact) mass is 262 g/mol. The number of aromatic nitrogens is 2. The molecule has 0 aliphatic rings. The third-order valence-electron chi connectivity index (χ3n) is 2.55. The molecule has 0 atom stereocenters. The van der Waals surface area contributed by atoms with Gasteiger partial charge in [0.2, 0.25) is 5.88 Å². The molecule has 18 heavy (non-hydrogen) atoms. The van der Waals surface area contributed by atoms with Crippen LogP contribution in [0.25, 0.3) is 0 Å². The maximum absolute atomic E-state index is 5.66. The SMILES string of the molecule is CC(C)(C)c1ccc(Oc2ccc(Cl)nn2)cc1. The molecular formula is C14H15ClN2O. The molecule has 1 heterocycles. The van der Waals surface area contributed by atoms with E-state index in [2.05, 4.69) is 43.1 Å². The number of benzene rings is 1. The van der Waals surface area contributed by atoms with Crippen LogP contribution in [0.2, 0.25) is 5.15 Å². The molecule has 4 heteroatoms. The first-order chi connectivity index (χ1) is 8.45. The van der Waals surface area contributed by atoms with E-state index in [1.807, 2.05) is 12.1 Å². The van der Waals surface area contributed by atoms with E-state index in [0.29, 0.717) is 11.0 Å². The summed E-state index contributed by atoms with van der Waals surface area (Å²) < 4.78 is 5.57. The highest BCUT2D eigenvalue weighted by atomic mass is 35.5. The van der Waals surface area contributed by atoms with Crippen LogP contribution in [-0.4, -0.2) is 10.2 Å². The zero-order valence-corrected chi connectivity index (χ0v) is 11.4. The second kappa shape index (κ2) is 4.94. The fraction of sp³-hybridized carbons (Fsp3) is 0.286. The first-order valence-electron chi connectivity index (χ1n) is 5.73. The highest BCUT2D eigenvalue weighted by Gasteiger charge is 2.13. The zero-order chi connectivity index (χ0) is 13.2. The molecular weight excluding hydrogens is 248 g/mol. The number of rotatable bonds is 2. The molecule has 0 bridgehead atoms. The highest BCUT2D eigenvalue weighted by molar-refractivity contribution is 6.29. The summed E-state index contributed by atoms with van der Waals surface area (Å²) in [4.78, 5) is 0. The lowest BCUT2D eigenvalue weighted by Gasteiger charge is -2.19. The standard InChI is InChI=1S/C14H15ClN2O/c1-14(2,3)10-4-6-11(7-5-10)18-13-9-8-12(15)16-17-13/h4-9H,1-3H3. The van der Waals surface area contributed by atoms with Gasteiger partial charge in [0, 0.05) is 6.07 Å². The predicted molar refractivity (Wildman–Crippen MR) is 72.3 cm³/mol. The minimum atomic E-state index is 0.138. The van der Waals surface area contributed by atoms with E-state index in [1.54, 1.807) is 12.1 Å². The van der Waals surface area contributed by atoms with Crippen molar-refractivity contribution in [1.29, 1.82) is 0 Å². The quantitative estimate of drug-likeness (QED) is 0.813. The van der Waals surface area contributed by atoms with Crippen LogP contribution in [0.4, 0.5) is 0 Å². The molecule has 0 aliphatic carbocycles. The molecule has 0 fully saturated rings. The Morgan fingerprint density at radius 2 is 1.61 bits per heavy atom. The average Bonchev–Trinajstić information content (AvgIpc) is 2.32. The van der Waals surface area contributed by atoms with Gasteiger partial charge in [-0.25, -0.2) is 0 Å². The molecule has 0 N–H and O–H groups in total. The Morgan fingerprint density at radius 1 is 0.944 bits per heavy atom. The van der Waals surface area contributed by atoms with Crippen LogP contribution in [-0.2, 0) is 5.41 Å². The smallest absolute Gasteiger partial charge is 0.238 e. The fourth-order valence-corrected chi connectivity index (χ4v) is 1.60. The van der Waals surface area contributed by atoms with Crippen LogP contribution in [0, 0.1) is 0 Å². The summed E-state index contributed by atoms with van der Waals surface area (Å²) in [5.41, 5.74) is 1.40. The van der Waals surface area contributed by atoms with Gasteiger partial charge in [0.15, 0.2) is 5.15 Å². The second-order valence-corrected chi connectivity index (χ2v) is 5.46. The van der Waals surface area contributed by atoms with Crippen molar-refractivity contribution >= 4 is 11.6 Å². The highest BCUT2D eigenvalue weighted by Crippen LogP contribution is 2.26. The molecule has 0 saturated carbocycles. The summed E-state index contributed by atoms with van der Waals surface area (Å²) in [5.74, 6) is 1.17. The van der Waals surface area contributed by atoms with E-state index < -0.39 is 0 Å². The van der Waals surface area contributed by atoms with Gasteiger partial charge < -0.3 is 4.74 Å². The van der Waals surface area contributed by atoms with E-state index in [0.717, 1.165) is 5.75 Å². The number of nitrogens with zero attached hydrogens (tertiary/aromatic N) is 2. The normalized spacial score (nSPS) is 11.3. The fourth-order valence-electron chi connectivity index (χ4n) is 1.50. The number of halogens is 1. The van der Waals surface area contributed by atoms with Crippen molar-refractivity contribution in [1.82, 2.24) is 10.2 Å². The Kier molecular flexibility index (Phi) is 3.53. The van der Waals surface area contributed by atoms with Crippen molar-refractivity contribution in [3.8, 4) is 11.6 Å². The van der Waals surface area contributed by atoms with E-state index in [9.17, 15) is 0 Å². The topological polar surface area (TPSA) is 35.0 Å². The van der Waals surface area contributed by atoms with Gasteiger partial charge in [-0.3, -0.25) is 0 Å². The lowest BCUT2D eigenvalue weighted by Crippen LogP contribution is -2.10. The van der Waals surface area contributed by atoms with Crippen LogP contribution in [0.15, 0.2) is 36.4 Å². The lowest BCUT2D eigenvalue weighted by molar-refractivity contribution is 0.454. The van der Waals surface area contributed by atoms with Crippen molar-refractivity contribution in [2.75, 3.05) is 0 Å². The van der Waals surface area contributed by atoms with Crippen molar-refractivity contribution in [3.05, 3.63) is 47.1 Å². The number of hydrogen-bond donors (Lipinski definition) is 0. The molecule has 3 nitrogen and oxygen atoms in total. The van der Waals surface area contributed by atoms with Crippen LogP contribution in [0.1, 0.15) is 26.3 Å². The van der Waals surface area contributed by atoms with Gasteiger partial charge in [0.1, 0.15) is 5.75 Å². The molecule has 0 saturated heterocycles. The Balaban J connectivity index is 2.13. The van der Waals surface area contributed by atoms with Gasteiger partial charge in [-0.05, 0) is 29.2 Å². The summed E-state index contributed by atoms with van der Waals surface area (Å²) in [6.07, 6.45) is 0. The molecule has 2 aromatic rings. The molecule has 1 aromatic carbocycles. The summed E-state index contributed by atoms with van der Waals surface area (Å²) in [5, 5.41) is 7.92.